The number of hydrogen-bond acceptors (Lipinski definition) is 6. The summed E-state index contributed by atoms with van der Waals surface area (Å²) in [7, 11) is 0. The summed E-state index contributed by atoms with van der Waals surface area (Å²) in [6, 6.07) is 3.77. The molecule has 0 aliphatic rings. The van der Waals surface area contributed by atoms with Crippen molar-refractivity contribution in [3.05, 3.63) is 29.4 Å². The molecule has 7 heteroatoms. The average Bonchev–Trinajstić information content (AvgIpc) is 2.76. The first-order valence-corrected chi connectivity index (χ1v) is 5.82. The van der Waals surface area contributed by atoms with Crippen LogP contribution in [0.5, 0.6) is 0 Å². The van der Waals surface area contributed by atoms with Crippen LogP contribution in [0.25, 0.3) is 11.4 Å². The Morgan fingerprint density at radius 1 is 1.32 bits per heavy atom. The third kappa shape index (κ3) is 3.59. The topological polar surface area (TPSA) is 107 Å². The summed E-state index contributed by atoms with van der Waals surface area (Å²) in [5.41, 5.74) is 7.66. The van der Waals surface area contributed by atoms with E-state index in [0.29, 0.717) is 18.3 Å². The molecular weight excluding hydrogens is 246 g/mol. The summed E-state index contributed by atoms with van der Waals surface area (Å²) in [6.07, 6.45) is 0. The van der Waals surface area contributed by atoms with Gasteiger partial charge in [0.25, 0.3) is 0 Å². The zero-order chi connectivity index (χ0) is 13.8. The number of nitrogens with zero attached hydrogens (tertiary/aromatic N) is 3. The van der Waals surface area contributed by atoms with Crippen LogP contribution in [0.1, 0.15) is 17.3 Å². The maximum Gasteiger partial charge on any atom is 0.240 e. The van der Waals surface area contributed by atoms with Gasteiger partial charge in [0.2, 0.25) is 17.6 Å². The molecule has 0 fully saturated rings. The number of carbonyl (C=O) groups excluding carboxylic acids is 1. The Bertz CT molecular complexity index is 573. The zero-order valence-corrected chi connectivity index (χ0v) is 10.8. The Morgan fingerprint density at radius 3 is 2.63 bits per heavy atom. The average molecular weight is 261 g/mol. The second kappa shape index (κ2) is 5.57. The molecule has 0 atom stereocenters. The Balaban J connectivity index is 2.09. The molecule has 0 radical (unpaired) electrons. The number of primary amides is 1. The van der Waals surface area contributed by atoms with E-state index in [1.807, 2.05) is 26.0 Å². The standard InChI is InChI=1S/C12H15N5O2/c1-7-3-9(4-8(2)15-7)12-16-11(19-17-12)6-14-5-10(13)18/h3-4,14H,5-6H2,1-2H3,(H2,13,18). The lowest BCUT2D eigenvalue weighted by Gasteiger charge is -1.99. The SMILES string of the molecule is Cc1cc(-c2noc(CNCC(N)=O)n2)cc(C)n1. The van der Waals surface area contributed by atoms with Gasteiger partial charge in [0.15, 0.2) is 0 Å². The number of amides is 1. The van der Waals surface area contributed by atoms with Crippen molar-refractivity contribution >= 4 is 5.91 Å². The number of nitrogens with two attached hydrogens (primary N) is 1. The van der Waals surface area contributed by atoms with Crippen molar-refractivity contribution < 1.29 is 9.32 Å². The maximum absolute atomic E-state index is 10.6. The highest BCUT2D eigenvalue weighted by atomic mass is 16.5. The van der Waals surface area contributed by atoms with Gasteiger partial charge in [-0.2, -0.15) is 4.98 Å². The first kappa shape index (κ1) is 13.2. The van der Waals surface area contributed by atoms with Crippen molar-refractivity contribution in [2.24, 2.45) is 5.73 Å². The summed E-state index contributed by atoms with van der Waals surface area (Å²) in [4.78, 5) is 19.1. The summed E-state index contributed by atoms with van der Waals surface area (Å²) in [5.74, 6) is 0.480. The minimum atomic E-state index is -0.430. The van der Waals surface area contributed by atoms with Crippen LogP contribution in [0.3, 0.4) is 0 Å². The molecule has 2 aromatic heterocycles. The lowest BCUT2D eigenvalue weighted by molar-refractivity contribution is -0.117. The van der Waals surface area contributed by atoms with Gasteiger partial charge in [0.05, 0.1) is 13.1 Å². The molecular formula is C12H15N5O2. The lowest BCUT2D eigenvalue weighted by Crippen LogP contribution is -2.28. The van der Waals surface area contributed by atoms with E-state index < -0.39 is 5.91 Å². The number of hydrogen-bond donors (Lipinski definition) is 2. The molecule has 100 valence electrons. The summed E-state index contributed by atoms with van der Waals surface area (Å²) in [6.45, 7) is 4.20. The van der Waals surface area contributed by atoms with E-state index in [2.05, 4.69) is 20.4 Å². The summed E-state index contributed by atoms with van der Waals surface area (Å²) in [5, 5.41) is 6.70. The Kier molecular flexibility index (Phi) is 3.86. The molecule has 3 N–H and O–H groups in total. The third-order valence-electron chi connectivity index (χ3n) is 2.38. The Labute approximate surface area is 110 Å². The van der Waals surface area contributed by atoms with Crippen molar-refractivity contribution in [3.8, 4) is 11.4 Å². The molecule has 0 unspecified atom stereocenters. The molecule has 19 heavy (non-hydrogen) atoms. The van der Waals surface area contributed by atoms with Crippen molar-refractivity contribution in [2.75, 3.05) is 6.54 Å². The van der Waals surface area contributed by atoms with Gasteiger partial charge in [-0.05, 0) is 26.0 Å². The molecule has 0 saturated heterocycles. The van der Waals surface area contributed by atoms with E-state index >= 15 is 0 Å². The van der Waals surface area contributed by atoms with Gasteiger partial charge in [0, 0.05) is 17.0 Å². The molecule has 0 aliphatic heterocycles. The molecule has 1 amide bonds. The molecule has 0 aromatic carbocycles. The van der Waals surface area contributed by atoms with Gasteiger partial charge in [0.1, 0.15) is 0 Å². The van der Waals surface area contributed by atoms with Crippen LogP contribution >= 0.6 is 0 Å². The van der Waals surface area contributed by atoms with Gasteiger partial charge < -0.3 is 10.3 Å². The number of pyridine rings is 1. The van der Waals surface area contributed by atoms with Crippen molar-refractivity contribution in [1.82, 2.24) is 20.4 Å². The normalized spacial score (nSPS) is 10.6. The number of aromatic nitrogens is 3. The first-order valence-electron chi connectivity index (χ1n) is 5.82. The van der Waals surface area contributed by atoms with E-state index in [4.69, 9.17) is 10.3 Å². The van der Waals surface area contributed by atoms with Crippen molar-refractivity contribution in [1.29, 1.82) is 0 Å². The van der Waals surface area contributed by atoms with Crippen LogP contribution in [-0.4, -0.2) is 27.6 Å². The van der Waals surface area contributed by atoms with Crippen LogP contribution < -0.4 is 11.1 Å². The zero-order valence-electron chi connectivity index (χ0n) is 10.8. The smallest absolute Gasteiger partial charge is 0.240 e. The van der Waals surface area contributed by atoms with Gasteiger partial charge in [-0.1, -0.05) is 5.16 Å². The second-order valence-corrected chi connectivity index (χ2v) is 4.22. The Hall–Kier alpha value is -2.28. The summed E-state index contributed by atoms with van der Waals surface area (Å²) < 4.78 is 5.08. The lowest BCUT2D eigenvalue weighted by atomic mass is 10.2. The molecule has 0 bridgehead atoms. The summed E-state index contributed by atoms with van der Waals surface area (Å²) >= 11 is 0. The van der Waals surface area contributed by atoms with E-state index in [1.165, 1.54) is 0 Å². The van der Waals surface area contributed by atoms with Gasteiger partial charge in [-0.15, -0.1) is 0 Å². The number of aryl methyl sites for hydroxylation is 2. The molecule has 0 aliphatic carbocycles. The van der Waals surface area contributed by atoms with E-state index in [1.54, 1.807) is 0 Å². The van der Waals surface area contributed by atoms with Crippen LogP contribution in [0, 0.1) is 13.8 Å². The molecule has 2 rings (SSSR count). The highest BCUT2D eigenvalue weighted by Gasteiger charge is 2.09. The molecule has 2 aromatic rings. The van der Waals surface area contributed by atoms with Crippen LogP contribution in [-0.2, 0) is 11.3 Å². The van der Waals surface area contributed by atoms with Gasteiger partial charge >= 0.3 is 0 Å². The van der Waals surface area contributed by atoms with E-state index in [0.717, 1.165) is 17.0 Å². The second-order valence-electron chi connectivity index (χ2n) is 4.22. The van der Waals surface area contributed by atoms with Crippen LogP contribution in [0.15, 0.2) is 16.7 Å². The molecule has 0 spiro atoms. The maximum atomic E-state index is 10.6. The van der Waals surface area contributed by atoms with Crippen LogP contribution in [0.4, 0.5) is 0 Å². The monoisotopic (exact) mass is 261 g/mol. The predicted octanol–water partition coefficient (Wildman–Crippen LogP) is 0.323. The van der Waals surface area contributed by atoms with E-state index in [-0.39, 0.29) is 6.54 Å². The minimum Gasteiger partial charge on any atom is -0.369 e. The van der Waals surface area contributed by atoms with E-state index in [9.17, 15) is 4.79 Å². The van der Waals surface area contributed by atoms with Crippen LogP contribution in [0.2, 0.25) is 0 Å². The van der Waals surface area contributed by atoms with Crippen molar-refractivity contribution in [3.63, 3.8) is 0 Å². The highest BCUT2D eigenvalue weighted by molar-refractivity contribution is 5.75. The fourth-order valence-corrected chi connectivity index (χ4v) is 1.70. The highest BCUT2D eigenvalue weighted by Crippen LogP contribution is 2.17. The Morgan fingerprint density at radius 2 is 2.00 bits per heavy atom. The fourth-order valence-electron chi connectivity index (χ4n) is 1.70. The quantitative estimate of drug-likeness (QED) is 0.802. The van der Waals surface area contributed by atoms with Gasteiger partial charge in [-0.3, -0.25) is 15.1 Å². The van der Waals surface area contributed by atoms with Gasteiger partial charge in [-0.25, -0.2) is 0 Å². The molecule has 0 saturated carbocycles. The van der Waals surface area contributed by atoms with Crippen molar-refractivity contribution in [2.45, 2.75) is 20.4 Å². The molecule has 7 nitrogen and oxygen atoms in total. The number of nitrogens with one attached hydrogen (secondary N) is 1. The minimum absolute atomic E-state index is 0.0746. The first-order chi connectivity index (χ1) is 9.04. The predicted molar refractivity (Wildman–Crippen MR) is 67.9 cm³/mol. The third-order valence-corrected chi connectivity index (χ3v) is 2.38. The number of rotatable bonds is 5. The fraction of sp³-hybridized carbons (Fsp3) is 0.333. The molecule has 2 heterocycles. The largest absolute Gasteiger partial charge is 0.369 e. The number of carbonyl (C=O) groups is 1.